The summed E-state index contributed by atoms with van der Waals surface area (Å²) in [5.41, 5.74) is 3.85. The summed E-state index contributed by atoms with van der Waals surface area (Å²) in [5.74, 6) is 0. The van der Waals surface area contributed by atoms with E-state index in [0.717, 1.165) is 16.9 Å². The third kappa shape index (κ3) is 3.16. The van der Waals surface area contributed by atoms with Crippen LogP contribution in [0.4, 0.5) is 11.4 Å². The molecule has 7 heteroatoms. The van der Waals surface area contributed by atoms with Gasteiger partial charge in [0.25, 0.3) is 0 Å². The number of hydrogen-bond acceptors (Lipinski definition) is 4. The van der Waals surface area contributed by atoms with Crippen molar-refractivity contribution in [1.29, 1.82) is 0 Å². The zero-order chi connectivity index (χ0) is 17.1. The van der Waals surface area contributed by atoms with E-state index in [9.17, 15) is 5.21 Å². The normalized spacial score (nSPS) is 11.6. The molecule has 0 bridgehead atoms. The molecule has 0 aliphatic rings. The van der Waals surface area contributed by atoms with Crippen LogP contribution in [0.2, 0.25) is 0 Å². The predicted molar refractivity (Wildman–Crippen MR) is 93.0 cm³/mol. The second-order valence-electron chi connectivity index (χ2n) is 5.37. The van der Waals surface area contributed by atoms with E-state index < -0.39 is 0 Å². The summed E-state index contributed by atoms with van der Waals surface area (Å²) >= 11 is 0. The Balaban J connectivity index is 1.54. The molecular formula is C18H14N6O. The standard InChI is InChI=1S/C18H14N6O/c25-24(17-5-1-14(2-6-17)18-11-20-12-21-18)22-15-3-7-16(8-4-15)23-10-9-19-13-23/h1-13H,(H,20,21). The first-order valence-corrected chi connectivity index (χ1v) is 7.66. The zero-order valence-corrected chi connectivity index (χ0v) is 13.1. The fourth-order valence-corrected chi connectivity index (χ4v) is 2.45. The van der Waals surface area contributed by atoms with Crippen LogP contribution in [0, 0.1) is 5.21 Å². The van der Waals surface area contributed by atoms with Gasteiger partial charge in [0.1, 0.15) is 5.69 Å². The molecule has 0 unspecified atom stereocenters. The molecule has 0 spiro atoms. The summed E-state index contributed by atoms with van der Waals surface area (Å²) in [6, 6.07) is 14.5. The monoisotopic (exact) mass is 330 g/mol. The summed E-state index contributed by atoms with van der Waals surface area (Å²) in [5, 5.41) is 16.3. The maximum absolute atomic E-state index is 12.2. The van der Waals surface area contributed by atoms with E-state index in [1.807, 2.05) is 35.0 Å². The third-order valence-corrected chi connectivity index (χ3v) is 3.76. The van der Waals surface area contributed by atoms with E-state index in [1.165, 1.54) is 0 Å². The van der Waals surface area contributed by atoms with Crippen molar-refractivity contribution in [2.24, 2.45) is 5.11 Å². The molecule has 0 fully saturated rings. The molecule has 25 heavy (non-hydrogen) atoms. The lowest BCUT2D eigenvalue weighted by Crippen LogP contribution is -1.91. The number of aromatic nitrogens is 4. The highest BCUT2D eigenvalue weighted by molar-refractivity contribution is 5.59. The van der Waals surface area contributed by atoms with Crippen LogP contribution in [-0.4, -0.2) is 24.4 Å². The number of H-pyrrole nitrogens is 1. The van der Waals surface area contributed by atoms with Gasteiger partial charge in [0.05, 0.1) is 24.5 Å². The topological polar surface area (TPSA) is 84.9 Å². The van der Waals surface area contributed by atoms with E-state index in [2.05, 4.69) is 20.1 Å². The van der Waals surface area contributed by atoms with Gasteiger partial charge in [-0.25, -0.2) is 9.97 Å². The summed E-state index contributed by atoms with van der Waals surface area (Å²) in [7, 11) is 0. The van der Waals surface area contributed by atoms with Crippen LogP contribution in [0.15, 0.2) is 84.9 Å². The van der Waals surface area contributed by atoms with Crippen molar-refractivity contribution in [1.82, 2.24) is 19.5 Å². The van der Waals surface area contributed by atoms with Crippen molar-refractivity contribution in [2.75, 3.05) is 0 Å². The fraction of sp³-hybridized carbons (Fsp3) is 0. The number of aromatic amines is 1. The van der Waals surface area contributed by atoms with Gasteiger partial charge in [0.2, 0.25) is 5.69 Å². The fourth-order valence-electron chi connectivity index (χ4n) is 2.45. The Morgan fingerprint density at radius 3 is 2.44 bits per heavy atom. The van der Waals surface area contributed by atoms with Crippen LogP contribution < -0.4 is 0 Å². The molecule has 0 saturated heterocycles. The number of rotatable bonds is 4. The van der Waals surface area contributed by atoms with Crippen molar-refractivity contribution in [2.45, 2.75) is 0 Å². The Hall–Kier alpha value is -3.74. The van der Waals surface area contributed by atoms with Crippen molar-refractivity contribution in [3.05, 3.63) is 85.0 Å². The first-order valence-electron chi connectivity index (χ1n) is 7.66. The highest BCUT2D eigenvalue weighted by Crippen LogP contribution is 2.22. The van der Waals surface area contributed by atoms with E-state index in [-0.39, 0.29) is 0 Å². The minimum Gasteiger partial charge on any atom is -0.594 e. The van der Waals surface area contributed by atoms with Gasteiger partial charge in [-0.15, -0.1) is 0 Å². The van der Waals surface area contributed by atoms with Gasteiger partial charge in [-0.3, -0.25) is 0 Å². The van der Waals surface area contributed by atoms with Gasteiger partial charge in [0, 0.05) is 40.9 Å². The van der Waals surface area contributed by atoms with E-state index in [1.54, 1.807) is 49.3 Å². The maximum atomic E-state index is 12.2. The molecule has 7 nitrogen and oxygen atoms in total. The second kappa shape index (κ2) is 6.40. The molecule has 4 aromatic rings. The predicted octanol–water partition coefficient (Wildman–Crippen LogP) is 4.19. The largest absolute Gasteiger partial charge is 0.594 e. The number of azo groups is 1. The zero-order valence-electron chi connectivity index (χ0n) is 13.1. The van der Waals surface area contributed by atoms with Crippen molar-refractivity contribution >= 4 is 11.4 Å². The van der Waals surface area contributed by atoms with Crippen molar-refractivity contribution in [3.63, 3.8) is 0 Å². The molecule has 4 rings (SSSR count). The quantitative estimate of drug-likeness (QED) is 0.346. The Morgan fingerprint density at radius 1 is 1.00 bits per heavy atom. The first-order chi connectivity index (χ1) is 12.3. The smallest absolute Gasteiger partial charge is 0.244 e. The number of imidazole rings is 2. The van der Waals surface area contributed by atoms with Crippen LogP contribution in [0.5, 0.6) is 0 Å². The van der Waals surface area contributed by atoms with Crippen LogP contribution in [-0.2, 0) is 0 Å². The van der Waals surface area contributed by atoms with Gasteiger partial charge in [-0.05, 0) is 36.4 Å². The molecule has 0 atom stereocenters. The third-order valence-electron chi connectivity index (χ3n) is 3.76. The molecule has 0 aliphatic heterocycles. The summed E-state index contributed by atoms with van der Waals surface area (Å²) in [4.78, 5) is 11.6. The van der Waals surface area contributed by atoms with E-state index in [0.29, 0.717) is 16.2 Å². The molecule has 1 N–H and O–H groups in total. The molecule has 2 aromatic carbocycles. The first kappa shape index (κ1) is 14.8. The lowest BCUT2D eigenvalue weighted by molar-refractivity contribution is -0.435. The number of benzene rings is 2. The molecule has 2 heterocycles. The maximum Gasteiger partial charge on any atom is 0.244 e. The van der Waals surface area contributed by atoms with Crippen molar-refractivity contribution in [3.8, 4) is 16.9 Å². The lowest BCUT2D eigenvalue weighted by Gasteiger charge is -2.03. The molecule has 2 aromatic heterocycles. The summed E-state index contributed by atoms with van der Waals surface area (Å²) in [6.45, 7) is 0. The SMILES string of the molecule is [O-][N+](=Nc1ccc(-n2ccnc2)cc1)c1ccc(-c2cnc[nH]2)cc1. The lowest BCUT2D eigenvalue weighted by atomic mass is 10.1. The van der Waals surface area contributed by atoms with Crippen LogP contribution >= 0.6 is 0 Å². The minimum absolute atomic E-state index is 0.460. The minimum atomic E-state index is 0.460. The molecule has 0 amide bonds. The van der Waals surface area contributed by atoms with Crippen LogP contribution in [0.25, 0.3) is 16.9 Å². The van der Waals surface area contributed by atoms with Gasteiger partial charge in [-0.1, -0.05) is 4.86 Å². The Bertz CT molecular complexity index is 971. The Labute approximate surface area is 143 Å². The second-order valence-corrected chi connectivity index (χ2v) is 5.37. The molecule has 0 saturated carbocycles. The van der Waals surface area contributed by atoms with Crippen LogP contribution in [0.3, 0.4) is 0 Å². The average Bonchev–Trinajstić information content (AvgIpc) is 3.36. The van der Waals surface area contributed by atoms with Crippen molar-refractivity contribution < 1.29 is 4.86 Å². The molecular weight excluding hydrogens is 316 g/mol. The van der Waals surface area contributed by atoms with E-state index in [4.69, 9.17) is 0 Å². The summed E-state index contributed by atoms with van der Waals surface area (Å²) < 4.78 is 1.88. The van der Waals surface area contributed by atoms with Gasteiger partial charge in [0.15, 0.2) is 0 Å². The number of hydrogen-bond donors (Lipinski definition) is 1. The summed E-state index contributed by atoms with van der Waals surface area (Å²) in [6.07, 6.45) is 8.63. The average molecular weight is 330 g/mol. The highest BCUT2D eigenvalue weighted by atomic mass is 16.5. The van der Waals surface area contributed by atoms with Crippen LogP contribution in [0.1, 0.15) is 0 Å². The molecule has 122 valence electrons. The number of nitrogens with zero attached hydrogens (tertiary/aromatic N) is 5. The van der Waals surface area contributed by atoms with Gasteiger partial charge < -0.3 is 14.8 Å². The number of nitrogens with one attached hydrogen (secondary N) is 1. The van der Waals surface area contributed by atoms with Gasteiger partial charge >= 0.3 is 0 Å². The van der Waals surface area contributed by atoms with E-state index >= 15 is 0 Å². The van der Waals surface area contributed by atoms with Gasteiger partial charge in [-0.2, -0.15) is 0 Å². The Morgan fingerprint density at radius 2 is 1.80 bits per heavy atom. The Kier molecular flexibility index (Phi) is 3.80. The highest BCUT2D eigenvalue weighted by Gasteiger charge is 2.06. The molecule has 0 radical (unpaired) electrons. The molecule has 0 aliphatic carbocycles.